The maximum Gasteiger partial charge on any atom is 0.271 e. The van der Waals surface area contributed by atoms with Gasteiger partial charge in [-0.25, -0.2) is 8.42 Å². The molecular formula is C13H15NO3S2. The highest BCUT2D eigenvalue weighted by atomic mass is 32.2. The molecule has 0 aliphatic carbocycles. The molecule has 2 N–H and O–H groups in total. The van der Waals surface area contributed by atoms with Gasteiger partial charge in [-0.3, -0.25) is 4.72 Å². The number of hydrogen-bond acceptors (Lipinski definition) is 4. The van der Waals surface area contributed by atoms with Gasteiger partial charge in [0, 0.05) is 10.4 Å². The average molecular weight is 297 g/mol. The zero-order valence-corrected chi connectivity index (χ0v) is 12.3. The number of sulfonamides is 1. The SMILES string of the molecule is Cc1ccc(S(=O)(=O)Nc2ccccc2C(C)O)s1. The summed E-state index contributed by atoms with van der Waals surface area (Å²) in [5.74, 6) is 0. The summed E-state index contributed by atoms with van der Waals surface area (Å²) in [7, 11) is -3.59. The summed E-state index contributed by atoms with van der Waals surface area (Å²) >= 11 is 1.22. The number of aryl methyl sites for hydroxylation is 1. The summed E-state index contributed by atoms with van der Waals surface area (Å²) in [6, 6.07) is 10.2. The number of nitrogens with one attached hydrogen (secondary N) is 1. The molecule has 102 valence electrons. The van der Waals surface area contributed by atoms with Crippen molar-refractivity contribution in [1.82, 2.24) is 0 Å². The molecule has 0 aliphatic rings. The van der Waals surface area contributed by atoms with Gasteiger partial charge >= 0.3 is 0 Å². The molecule has 1 aromatic heterocycles. The maximum absolute atomic E-state index is 12.2. The van der Waals surface area contributed by atoms with Crippen LogP contribution in [0.1, 0.15) is 23.5 Å². The average Bonchev–Trinajstić information content (AvgIpc) is 2.76. The van der Waals surface area contributed by atoms with Gasteiger partial charge in [0.05, 0.1) is 11.8 Å². The highest BCUT2D eigenvalue weighted by molar-refractivity contribution is 7.94. The summed E-state index contributed by atoms with van der Waals surface area (Å²) < 4.78 is 27.2. The first-order chi connectivity index (χ1) is 8.90. The van der Waals surface area contributed by atoms with Crippen molar-refractivity contribution in [2.45, 2.75) is 24.2 Å². The van der Waals surface area contributed by atoms with E-state index in [0.717, 1.165) is 4.88 Å². The van der Waals surface area contributed by atoms with Crippen molar-refractivity contribution < 1.29 is 13.5 Å². The molecule has 0 fully saturated rings. The van der Waals surface area contributed by atoms with Crippen LogP contribution >= 0.6 is 11.3 Å². The Kier molecular flexibility index (Phi) is 3.93. The number of para-hydroxylation sites is 1. The third-order valence-corrected chi connectivity index (χ3v) is 5.49. The van der Waals surface area contributed by atoms with Gasteiger partial charge in [0.25, 0.3) is 10.0 Å². The minimum absolute atomic E-state index is 0.269. The Bertz CT molecular complexity index is 675. The topological polar surface area (TPSA) is 66.4 Å². The van der Waals surface area contributed by atoms with Crippen molar-refractivity contribution in [2.24, 2.45) is 0 Å². The van der Waals surface area contributed by atoms with E-state index < -0.39 is 16.1 Å². The molecule has 1 atom stereocenters. The van der Waals surface area contributed by atoms with Gasteiger partial charge in [0.1, 0.15) is 4.21 Å². The Morgan fingerprint density at radius 1 is 1.21 bits per heavy atom. The van der Waals surface area contributed by atoms with Crippen LogP contribution in [0.2, 0.25) is 0 Å². The predicted octanol–water partition coefficient (Wildman–Crippen LogP) is 2.91. The number of rotatable bonds is 4. The van der Waals surface area contributed by atoms with Gasteiger partial charge in [0.2, 0.25) is 0 Å². The van der Waals surface area contributed by atoms with E-state index in [1.807, 2.05) is 6.92 Å². The molecule has 0 spiro atoms. The number of benzene rings is 1. The lowest BCUT2D eigenvalue weighted by Gasteiger charge is -2.13. The van der Waals surface area contributed by atoms with Crippen LogP contribution in [0, 0.1) is 6.92 Å². The van der Waals surface area contributed by atoms with Crippen molar-refractivity contribution in [3.8, 4) is 0 Å². The Hall–Kier alpha value is -1.37. The molecule has 0 aliphatic heterocycles. The standard InChI is InChI=1S/C13H15NO3S2/c1-9-7-8-13(18-9)19(16,17)14-12-6-4-3-5-11(12)10(2)15/h3-8,10,14-15H,1-2H3. The highest BCUT2D eigenvalue weighted by Gasteiger charge is 2.18. The lowest BCUT2D eigenvalue weighted by atomic mass is 10.1. The van der Waals surface area contributed by atoms with Crippen LogP contribution in [-0.4, -0.2) is 13.5 Å². The van der Waals surface area contributed by atoms with Crippen LogP contribution in [0.15, 0.2) is 40.6 Å². The molecule has 19 heavy (non-hydrogen) atoms. The Labute approximate surface area is 116 Å². The largest absolute Gasteiger partial charge is 0.389 e. The van der Waals surface area contributed by atoms with Crippen LogP contribution in [0.3, 0.4) is 0 Å². The third-order valence-electron chi connectivity index (χ3n) is 2.64. The van der Waals surface area contributed by atoms with E-state index in [0.29, 0.717) is 11.3 Å². The molecule has 0 radical (unpaired) electrons. The first-order valence-corrected chi connectivity index (χ1v) is 8.06. The van der Waals surface area contributed by atoms with Crippen LogP contribution in [0.25, 0.3) is 0 Å². The Balaban J connectivity index is 2.36. The molecule has 2 rings (SSSR count). The lowest BCUT2D eigenvalue weighted by molar-refractivity contribution is 0.200. The van der Waals surface area contributed by atoms with E-state index in [-0.39, 0.29) is 4.21 Å². The first-order valence-electron chi connectivity index (χ1n) is 5.76. The van der Waals surface area contributed by atoms with Crippen LogP contribution in [-0.2, 0) is 10.0 Å². The van der Waals surface area contributed by atoms with Gasteiger partial charge in [-0.1, -0.05) is 18.2 Å². The van der Waals surface area contributed by atoms with Crippen molar-refractivity contribution in [3.63, 3.8) is 0 Å². The minimum atomic E-state index is -3.59. The summed E-state index contributed by atoms with van der Waals surface area (Å²) in [4.78, 5) is 0.934. The second-order valence-corrected chi connectivity index (χ2v) is 7.43. The number of anilines is 1. The number of hydrogen-bond donors (Lipinski definition) is 2. The van der Waals surface area contributed by atoms with Crippen LogP contribution < -0.4 is 4.72 Å². The minimum Gasteiger partial charge on any atom is -0.389 e. The molecule has 0 saturated heterocycles. The van der Waals surface area contributed by atoms with Gasteiger partial charge in [-0.2, -0.15) is 0 Å². The zero-order valence-electron chi connectivity index (χ0n) is 10.6. The summed E-state index contributed by atoms with van der Waals surface area (Å²) in [5, 5.41) is 9.64. The normalized spacial score (nSPS) is 13.2. The van der Waals surface area contributed by atoms with Gasteiger partial charge in [-0.05, 0) is 32.0 Å². The van der Waals surface area contributed by atoms with Gasteiger partial charge in [0.15, 0.2) is 0 Å². The quantitative estimate of drug-likeness (QED) is 0.912. The van der Waals surface area contributed by atoms with Gasteiger partial charge < -0.3 is 5.11 Å². The fourth-order valence-corrected chi connectivity index (χ4v) is 4.08. The number of thiophene rings is 1. The fourth-order valence-electron chi connectivity index (χ4n) is 1.71. The summed E-state index contributed by atoms with van der Waals surface area (Å²) in [5.41, 5.74) is 0.961. The fraction of sp³-hybridized carbons (Fsp3) is 0.231. The smallest absolute Gasteiger partial charge is 0.271 e. The lowest BCUT2D eigenvalue weighted by Crippen LogP contribution is -2.13. The van der Waals surface area contributed by atoms with E-state index in [1.165, 1.54) is 11.3 Å². The predicted molar refractivity (Wildman–Crippen MR) is 76.9 cm³/mol. The molecule has 0 bridgehead atoms. The molecule has 2 aromatic rings. The molecule has 1 heterocycles. The first kappa shape index (κ1) is 14.0. The van der Waals surface area contributed by atoms with Crippen molar-refractivity contribution >= 4 is 27.0 Å². The van der Waals surface area contributed by atoms with Crippen molar-refractivity contribution in [1.29, 1.82) is 0 Å². The molecule has 1 aromatic carbocycles. The van der Waals surface area contributed by atoms with E-state index in [9.17, 15) is 13.5 Å². The van der Waals surface area contributed by atoms with E-state index in [4.69, 9.17) is 0 Å². The van der Waals surface area contributed by atoms with Crippen molar-refractivity contribution in [3.05, 3.63) is 46.8 Å². The Morgan fingerprint density at radius 3 is 2.47 bits per heavy atom. The summed E-state index contributed by atoms with van der Waals surface area (Å²) in [6.45, 7) is 3.45. The molecule has 1 unspecified atom stereocenters. The third kappa shape index (κ3) is 3.15. The molecule has 0 amide bonds. The van der Waals surface area contributed by atoms with Crippen LogP contribution in [0.4, 0.5) is 5.69 Å². The molecule has 4 nitrogen and oxygen atoms in total. The molecule has 6 heteroatoms. The van der Waals surface area contributed by atoms with Crippen LogP contribution in [0.5, 0.6) is 0 Å². The number of aliphatic hydroxyl groups excluding tert-OH is 1. The molecule has 0 saturated carbocycles. The maximum atomic E-state index is 12.2. The number of aliphatic hydroxyl groups is 1. The van der Waals surface area contributed by atoms with E-state index in [2.05, 4.69) is 4.72 Å². The summed E-state index contributed by atoms with van der Waals surface area (Å²) in [6.07, 6.45) is -0.732. The van der Waals surface area contributed by atoms with Crippen molar-refractivity contribution in [2.75, 3.05) is 4.72 Å². The zero-order chi connectivity index (χ0) is 14.0. The van der Waals surface area contributed by atoms with Gasteiger partial charge in [-0.15, -0.1) is 11.3 Å². The second-order valence-electron chi connectivity index (χ2n) is 4.23. The van der Waals surface area contributed by atoms with E-state index >= 15 is 0 Å². The monoisotopic (exact) mass is 297 g/mol. The Morgan fingerprint density at radius 2 is 1.89 bits per heavy atom. The van der Waals surface area contributed by atoms with E-state index in [1.54, 1.807) is 43.3 Å². The highest BCUT2D eigenvalue weighted by Crippen LogP contribution is 2.27. The second kappa shape index (κ2) is 5.32. The molecular weight excluding hydrogens is 282 g/mol.